The first-order valence-electron chi connectivity index (χ1n) is 8.34. The van der Waals surface area contributed by atoms with Gasteiger partial charge in [0.1, 0.15) is 17.1 Å². The topological polar surface area (TPSA) is 52.8 Å². The number of amides is 1. The van der Waals surface area contributed by atoms with E-state index in [9.17, 15) is 4.79 Å². The number of benzene rings is 2. The molecular formula is C21H20N2O3S. The number of aryl methyl sites for hydroxylation is 2. The van der Waals surface area contributed by atoms with Crippen LogP contribution in [-0.2, 0) is 6.54 Å². The van der Waals surface area contributed by atoms with Gasteiger partial charge >= 0.3 is 0 Å². The first-order valence-corrected chi connectivity index (χ1v) is 9.16. The Kier molecular flexibility index (Phi) is 5.33. The first-order chi connectivity index (χ1) is 13.0. The zero-order valence-corrected chi connectivity index (χ0v) is 16.5. The highest BCUT2D eigenvalue weighted by Gasteiger charge is 2.18. The average molecular weight is 380 g/mol. The number of nitrogens with zero attached hydrogens (tertiary/aromatic N) is 2. The number of fused-ring (bicyclic) bond motifs is 1. The molecule has 0 radical (unpaired) electrons. The van der Waals surface area contributed by atoms with Gasteiger partial charge in [0.15, 0.2) is 4.80 Å². The molecule has 0 atom stereocenters. The zero-order chi connectivity index (χ0) is 19.6. The number of thiazole rings is 1. The Labute approximate surface area is 161 Å². The molecular weight excluding hydrogens is 360 g/mol. The van der Waals surface area contributed by atoms with E-state index in [0.717, 1.165) is 21.3 Å². The molecule has 0 fully saturated rings. The van der Waals surface area contributed by atoms with Gasteiger partial charge in [-0.15, -0.1) is 6.42 Å². The number of rotatable bonds is 4. The van der Waals surface area contributed by atoms with E-state index in [1.165, 1.54) is 25.6 Å². The highest BCUT2D eigenvalue weighted by molar-refractivity contribution is 7.16. The fraction of sp³-hybridized carbons (Fsp3) is 0.238. The van der Waals surface area contributed by atoms with Gasteiger partial charge in [-0.05, 0) is 43.2 Å². The van der Waals surface area contributed by atoms with E-state index in [0.29, 0.717) is 28.4 Å². The lowest BCUT2D eigenvalue weighted by Crippen LogP contribution is -2.17. The maximum absolute atomic E-state index is 13.0. The normalized spacial score (nSPS) is 11.4. The van der Waals surface area contributed by atoms with Crippen molar-refractivity contribution < 1.29 is 14.3 Å². The molecule has 27 heavy (non-hydrogen) atoms. The number of terminal acetylenes is 1. The molecule has 0 aliphatic carbocycles. The van der Waals surface area contributed by atoms with Crippen molar-refractivity contribution >= 4 is 27.5 Å². The largest absolute Gasteiger partial charge is 0.496 e. The van der Waals surface area contributed by atoms with Gasteiger partial charge < -0.3 is 14.0 Å². The summed E-state index contributed by atoms with van der Waals surface area (Å²) in [6.45, 7) is 4.41. The highest BCUT2D eigenvalue weighted by atomic mass is 32.1. The minimum Gasteiger partial charge on any atom is -0.496 e. The van der Waals surface area contributed by atoms with E-state index < -0.39 is 5.91 Å². The summed E-state index contributed by atoms with van der Waals surface area (Å²) in [5, 5.41) is 0. The second-order valence-electron chi connectivity index (χ2n) is 6.06. The molecule has 1 aromatic heterocycles. The molecule has 0 bridgehead atoms. The minimum absolute atomic E-state index is 0.292. The van der Waals surface area contributed by atoms with Gasteiger partial charge in [-0.2, -0.15) is 4.99 Å². The monoisotopic (exact) mass is 380 g/mol. The Bertz CT molecular complexity index is 1110. The zero-order valence-electron chi connectivity index (χ0n) is 15.7. The highest BCUT2D eigenvalue weighted by Crippen LogP contribution is 2.29. The van der Waals surface area contributed by atoms with Crippen LogP contribution < -0.4 is 14.3 Å². The van der Waals surface area contributed by atoms with Crippen molar-refractivity contribution in [1.29, 1.82) is 0 Å². The lowest BCUT2D eigenvalue weighted by atomic mass is 10.1. The number of carbonyl (C=O) groups is 1. The Morgan fingerprint density at radius 2 is 1.89 bits per heavy atom. The minimum atomic E-state index is -0.434. The summed E-state index contributed by atoms with van der Waals surface area (Å²) >= 11 is 1.45. The number of hydrogen-bond acceptors (Lipinski definition) is 4. The van der Waals surface area contributed by atoms with Crippen LogP contribution in [0.1, 0.15) is 21.5 Å². The number of hydrogen-bond donors (Lipinski definition) is 0. The summed E-state index contributed by atoms with van der Waals surface area (Å²) in [4.78, 5) is 17.9. The number of carbonyl (C=O) groups excluding carboxylic acids is 1. The lowest BCUT2D eigenvalue weighted by molar-refractivity contribution is 0.0992. The van der Waals surface area contributed by atoms with Gasteiger partial charge in [-0.3, -0.25) is 4.79 Å². The second kappa shape index (κ2) is 7.68. The average Bonchev–Trinajstić information content (AvgIpc) is 2.99. The van der Waals surface area contributed by atoms with Gasteiger partial charge in [-0.1, -0.05) is 29.4 Å². The standard InChI is InChI=1S/C21H20N2O3S/c1-6-10-23-15-12-13(2)11-14(3)19(15)27-21(23)22-20(24)18-16(25-4)8-7-9-17(18)26-5/h1,7-9,11-12H,10H2,2-5H3. The first kappa shape index (κ1) is 18.7. The van der Waals surface area contributed by atoms with Crippen molar-refractivity contribution in [2.24, 2.45) is 4.99 Å². The molecule has 2 aromatic carbocycles. The summed E-state index contributed by atoms with van der Waals surface area (Å²) in [5.41, 5.74) is 3.53. The van der Waals surface area contributed by atoms with Crippen LogP contribution in [0, 0.1) is 26.2 Å². The van der Waals surface area contributed by atoms with Crippen molar-refractivity contribution in [1.82, 2.24) is 4.57 Å². The van der Waals surface area contributed by atoms with Crippen molar-refractivity contribution in [3.63, 3.8) is 0 Å². The predicted molar refractivity (Wildman–Crippen MR) is 108 cm³/mol. The van der Waals surface area contributed by atoms with Crippen LogP contribution in [0.3, 0.4) is 0 Å². The van der Waals surface area contributed by atoms with E-state index >= 15 is 0 Å². The Hall–Kier alpha value is -3.04. The maximum atomic E-state index is 13.0. The van der Waals surface area contributed by atoms with E-state index in [1.807, 2.05) is 18.4 Å². The number of ether oxygens (including phenoxy) is 2. The smallest absolute Gasteiger partial charge is 0.287 e. The van der Waals surface area contributed by atoms with Gasteiger partial charge in [0.2, 0.25) is 0 Å². The van der Waals surface area contributed by atoms with Crippen LogP contribution >= 0.6 is 11.3 Å². The summed E-state index contributed by atoms with van der Waals surface area (Å²) in [6, 6.07) is 9.34. The second-order valence-corrected chi connectivity index (χ2v) is 7.04. The predicted octanol–water partition coefficient (Wildman–Crippen LogP) is 3.71. The molecule has 0 aliphatic heterocycles. The molecule has 3 aromatic rings. The number of aromatic nitrogens is 1. The summed E-state index contributed by atoms with van der Waals surface area (Å²) in [6.07, 6.45) is 5.56. The van der Waals surface area contributed by atoms with Crippen LogP contribution in [-0.4, -0.2) is 24.7 Å². The molecule has 0 aliphatic rings. The SMILES string of the molecule is C#CCn1c(=NC(=O)c2c(OC)cccc2OC)sc2c(C)cc(C)cc21. The molecule has 1 amide bonds. The molecule has 0 spiro atoms. The Morgan fingerprint density at radius 1 is 1.22 bits per heavy atom. The van der Waals surface area contributed by atoms with Gasteiger partial charge in [-0.25, -0.2) is 0 Å². The van der Waals surface area contributed by atoms with E-state index in [2.05, 4.69) is 23.0 Å². The van der Waals surface area contributed by atoms with E-state index in [-0.39, 0.29) is 0 Å². The van der Waals surface area contributed by atoms with Crippen molar-refractivity contribution in [3.05, 3.63) is 51.8 Å². The van der Waals surface area contributed by atoms with E-state index in [1.54, 1.807) is 18.2 Å². The third-order valence-corrected chi connectivity index (χ3v) is 5.43. The van der Waals surface area contributed by atoms with Crippen LogP contribution in [0.5, 0.6) is 11.5 Å². The van der Waals surface area contributed by atoms with Crippen LogP contribution in [0.4, 0.5) is 0 Å². The quantitative estimate of drug-likeness (QED) is 0.649. The van der Waals surface area contributed by atoms with Gasteiger partial charge in [0, 0.05) is 0 Å². The third kappa shape index (κ3) is 3.46. The molecule has 0 saturated heterocycles. The van der Waals surface area contributed by atoms with Crippen LogP contribution in [0.25, 0.3) is 10.2 Å². The van der Waals surface area contributed by atoms with Crippen molar-refractivity contribution in [3.8, 4) is 23.8 Å². The Balaban J connectivity index is 2.25. The lowest BCUT2D eigenvalue weighted by Gasteiger charge is -2.09. The third-order valence-electron chi connectivity index (χ3n) is 4.20. The summed E-state index contributed by atoms with van der Waals surface area (Å²) < 4.78 is 13.6. The van der Waals surface area contributed by atoms with Crippen LogP contribution in [0.15, 0.2) is 35.3 Å². The fourth-order valence-corrected chi connectivity index (χ4v) is 4.12. The molecule has 138 valence electrons. The molecule has 0 N–H and O–H groups in total. The molecule has 0 saturated carbocycles. The van der Waals surface area contributed by atoms with Gasteiger partial charge in [0.25, 0.3) is 5.91 Å². The van der Waals surface area contributed by atoms with E-state index in [4.69, 9.17) is 15.9 Å². The summed E-state index contributed by atoms with van der Waals surface area (Å²) in [5.74, 6) is 3.05. The fourth-order valence-electron chi connectivity index (χ4n) is 3.05. The molecule has 3 rings (SSSR count). The molecule has 6 heteroatoms. The van der Waals surface area contributed by atoms with Crippen LogP contribution in [0.2, 0.25) is 0 Å². The van der Waals surface area contributed by atoms with Crippen molar-refractivity contribution in [2.75, 3.05) is 14.2 Å². The number of methoxy groups -OCH3 is 2. The van der Waals surface area contributed by atoms with Gasteiger partial charge in [0.05, 0.1) is 31.0 Å². The molecule has 0 unspecified atom stereocenters. The Morgan fingerprint density at radius 3 is 2.48 bits per heavy atom. The molecule has 5 nitrogen and oxygen atoms in total. The van der Waals surface area contributed by atoms with Crippen molar-refractivity contribution in [2.45, 2.75) is 20.4 Å². The summed E-state index contributed by atoms with van der Waals surface area (Å²) in [7, 11) is 3.02. The maximum Gasteiger partial charge on any atom is 0.287 e. The molecule has 1 heterocycles.